The van der Waals surface area contributed by atoms with E-state index >= 15 is 0 Å². The number of thioether (sulfide) groups is 1. The Morgan fingerprint density at radius 2 is 1.81 bits per heavy atom. The third kappa shape index (κ3) is 8.10. The van der Waals surface area contributed by atoms with Crippen LogP contribution >= 0.6 is 11.8 Å². The van der Waals surface area contributed by atoms with Crippen molar-refractivity contribution >= 4 is 11.8 Å². The van der Waals surface area contributed by atoms with Gasteiger partial charge in [0.15, 0.2) is 0 Å². The summed E-state index contributed by atoms with van der Waals surface area (Å²) >= 11 is 1.98. The van der Waals surface area contributed by atoms with Crippen LogP contribution in [-0.4, -0.2) is 28.0 Å². The molecular formula is C23H36N2OS. The molecule has 1 aromatic heterocycles. The van der Waals surface area contributed by atoms with Crippen molar-refractivity contribution in [1.82, 2.24) is 9.55 Å². The summed E-state index contributed by atoms with van der Waals surface area (Å²) in [6, 6.07) is 4.58. The number of benzene rings is 1. The first-order chi connectivity index (χ1) is 13.1. The van der Waals surface area contributed by atoms with Gasteiger partial charge >= 0.3 is 0 Å². The highest BCUT2D eigenvalue weighted by Gasteiger charge is 2.12. The highest BCUT2D eigenvalue weighted by Crippen LogP contribution is 2.23. The van der Waals surface area contributed by atoms with Crippen molar-refractivity contribution in [3.05, 3.63) is 53.1 Å². The SMILES string of the molecule is CCCCCCCOC(CSCc1c(C)cc(C)cc1C)Cn1ccnc1. The fourth-order valence-corrected chi connectivity index (χ4v) is 4.71. The van der Waals surface area contributed by atoms with E-state index < -0.39 is 0 Å². The number of aromatic nitrogens is 2. The standard InChI is InChI=1S/C23H36N2OS/c1-5-6-7-8-9-12-26-22(15-25-11-10-24-18-25)16-27-17-23-20(3)13-19(2)14-21(23)4/h10-11,13-14,18,22H,5-9,12,15-17H2,1-4H3. The lowest BCUT2D eigenvalue weighted by Crippen LogP contribution is -2.23. The number of imidazole rings is 1. The molecule has 0 saturated carbocycles. The maximum atomic E-state index is 6.24. The maximum absolute atomic E-state index is 6.24. The van der Waals surface area contributed by atoms with Gasteiger partial charge in [0.05, 0.1) is 19.0 Å². The van der Waals surface area contributed by atoms with Gasteiger partial charge in [-0.3, -0.25) is 0 Å². The lowest BCUT2D eigenvalue weighted by Gasteiger charge is -2.19. The lowest BCUT2D eigenvalue weighted by atomic mass is 10.0. The zero-order valence-corrected chi connectivity index (χ0v) is 18.4. The molecule has 27 heavy (non-hydrogen) atoms. The quantitative estimate of drug-likeness (QED) is 0.388. The minimum Gasteiger partial charge on any atom is -0.376 e. The number of unbranched alkanes of at least 4 members (excludes halogenated alkanes) is 4. The molecular weight excluding hydrogens is 352 g/mol. The number of hydrogen-bond donors (Lipinski definition) is 0. The van der Waals surface area contributed by atoms with Crippen molar-refractivity contribution in [3.63, 3.8) is 0 Å². The van der Waals surface area contributed by atoms with Crippen LogP contribution in [0.15, 0.2) is 30.9 Å². The van der Waals surface area contributed by atoms with E-state index in [1.807, 2.05) is 30.5 Å². The van der Waals surface area contributed by atoms with Crippen LogP contribution in [0.5, 0.6) is 0 Å². The highest BCUT2D eigenvalue weighted by molar-refractivity contribution is 7.98. The third-order valence-corrected chi connectivity index (χ3v) is 6.07. The molecule has 150 valence electrons. The van der Waals surface area contributed by atoms with Crippen LogP contribution < -0.4 is 0 Å². The Kier molecular flexibility index (Phi) is 10.00. The zero-order chi connectivity index (χ0) is 19.5. The summed E-state index contributed by atoms with van der Waals surface area (Å²) in [5.74, 6) is 2.07. The fourth-order valence-electron chi connectivity index (χ4n) is 3.47. The molecule has 1 heterocycles. The van der Waals surface area contributed by atoms with Gasteiger partial charge in [-0.2, -0.15) is 11.8 Å². The molecule has 2 rings (SSSR count). The number of ether oxygens (including phenoxy) is 1. The molecule has 0 saturated heterocycles. The van der Waals surface area contributed by atoms with E-state index in [1.165, 1.54) is 54.4 Å². The molecule has 1 atom stereocenters. The number of aryl methyl sites for hydroxylation is 3. The van der Waals surface area contributed by atoms with E-state index in [-0.39, 0.29) is 6.10 Å². The second kappa shape index (κ2) is 12.2. The number of rotatable bonds is 13. The van der Waals surface area contributed by atoms with E-state index in [4.69, 9.17) is 4.74 Å². The predicted molar refractivity (Wildman–Crippen MR) is 118 cm³/mol. The Hall–Kier alpha value is -1.26. The van der Waals surface area contributed by atoms with E-state index in [1.54, 1.807) is 0 Å². The first-order valence-corrected chi connectivity index (χ1v) is 11.5. The summed E-state index contributed by atoms with van der Waals surface area (Å²) in [5, 5.41) is 0. The molecule has 0 aliphatic carbocycles. The molecule has 0 N–H and O–H groups in total. The van der Waals surface area contributed by atoms with Gasteiger partial charge in [-0.15, -0.1) is 0 Å². The van der Waals surface area contributed by atoms with Gasteiger partial charge in [0, 0.05) is 30.5 Å². The van der Waals surface area contributed by atoms with Crippen LogP contribution in [0.2, 0.25) is 0 Å². The van der Waals surface area contributed by atoms with E-state index in [2.05, 4.69) is 49.4 Å². The molecule has 0 aliphatic heterocycles. The van der Waals surface area contributed by atoms with Crippen LogP contribution in [0.1, 0.15) is 61.3 Å². The molecule has 2 aromatic rings. The van der Waals surface area contributed by atoms with Gasteiger partial charge in [-0.05, 0) is 43.9 Å². The summed E-state index contributed by atoms with van der Waals surface area (Å²) in [6.45, 7) is 10.6. The van der Waals surface area contributed by atoms with Crippen LogP contribution in [0.3, 0.4) is 0 Å². The summed E-state index contributed by atoms with van der Waals surface area (Å²) in [7, 11) is 0. The first kappa shape index (κ1) is 22.0. The monoisotopic (exact) mass is 388 g/mol. The van der Waals surface area contributed by atoms with E-state index in [0.717, 1.165) is 24.7 Å². The van der Waals surface area contributed by atoms with E-state index in [0.29, 0.717) is 0 Å². The second-order valence-corrected chi connectivity index (χ2v) is 8.59. The lowest BCUT2D eigenvalue weighted by molar-refractivity contribution is 0.0548. The minimum atomic E-state index is 0.237. The Balaban J connectivity index is 1.82. The van der Waals surface area contributed by atoms with Crippen LogP contribution in [0, 0.1) is 20.8 Å². The summed E-state index contributed by atoms with van der Waals surface area (Å²) in [5.41, 5.74) is 5.64. The first-order valence-electron chi connectivity index (χ1n) is 10.3. The van der Waals surface area contributed by atoms with Crippen molar-refractivity contribution in [1.29, 1.82) is 0 Å². The summed E-state index contributed by atoms with van der Waals surface area (Å²) in [4.78, 5) is 4.17. The highest BCUT2D eigenvalue weighted by atomic mass is 32.2. The minimum absolute atomic E-state index is 0.237. The van der Waals surface area contributed by atoms with Crippen LogP contribution in [0.25, 0.3) is 0 Å². The Morgan fingerprint density at radius 1 is 1.07 bits per heavy atom. The molecule has 0 spiro atoms. The maximum Gasteiger partial charge on any atom is 0.0946 e. The molecule has 0 amide bonds. The molecule has 1 aromatic carbocycles. The molecule has 0 fully saturated rings. The van der Waals surface area contributed by atoms with Gasteiger partial charge < -0.3 is 9.30 Å². The topological polar surface area (TPSA) is 27.1 Å². The van der Waals surface area contributed by atoms with Crippen LogP contribution in [-0.2, 0) is 17.0 Å². The molecule has 0 aliphatic rings. The molecule has 0 radical (unpaired) electrons. The van der Waals surface area contributed by atoms with Crippen molar-refractivity contribution in [3.8, 4) is 0 Å². The fraction of sp³-hybridized carbons (Fsp3) is 0.609. The van der Waals surface area contributed by atoms with Gasteiger partial charge in [0.25, 0.3) is 0 Å². The van der Waals surface area contributed by atoms with Gasteiger partial charge in [0.1, 0.15) is 0 Å². The zero-order valence-electron chi connectivity index (χ0n) is 17.5. The summed E-state index contributed by atoms with van der Waals surface area (Å²) < 4.78 is 8.37. The van der Waals surface area contributed by atoms with Crippen LogP contribution in [0.4, 0.5) is 0 Å². The molecule has 4 heteroatoms. The predicted octanol–water partition coefficient (Wildman–Crippen LogP) is 6.10. The number of nitrogens with zero attached hydrogens (tertiary/aromatic N) is 2. The Labute approximate surface area is 169 Å². The van der Waals surface area contributed by atoms with Crippen molar-refractivity contribution in [2.75, 3.05) is 12.4 Å². The van der Waals surface area contributed by atoms with Crippen molar-refractivity contribution < 1.29 is 4.74 Å². The third-order valence-electron chi connectivity index (χ3n) is 4.97. The molecule has 0 bridgehead atoms. The Morgan fingerprint density at radius 3 is 2.48 bits per heavy atom. The molecule has 1 unspecified atom stereocenters. The van der Waals surface area contributed by atoms with Gasteiger partial charge in [0.2, 0.25) is 0 Å². The molecule has 3 nitrogen and oxygen atoms in total. The average Bonchev–Trinajstić information content (AvgIpc) is 3.13. The smallest absolute Gasteiger partial charge is 0.0946 e. The normalized spacial score (nSPS) is 12.4. The second-order valence-electron chi connectivity index (χ2n) is 7.56. The summed E-state index contributed by atoms with van der Waals surface area (Å²) in [6.07, 6.45) is 12.4. The number of hydrogen-bond acceptors (Lipinski definition) is 3. The van der Waals surface area contributed by atoms with Gasteiger partial charge in [-0.1, -0.05) is 50.3 Å². The van der Waals surface area contributed by atoms with Crippen molar-refractivity contribution in [2.24, 2.45) is 0 Å². The van der Waals surface area contributed by atoms with E-state index in [9.17, 15) is 0 Å². The average molecular weight is 389 g/mol. The largest absolute Gasteiger partial charge is 0.376 e. The van der Waals surface area contributed by atoms with Gasteiger partial charge in [-0.25, -0.2) is 4.98 Å². The Bertz CT molecular complexity index is 631. The van der Waals surface area contributed by atoms with Crippen molar-refractivity contribution in [2.45, 2.75) is 78.2 Å².